The highest BCUT2D eigenvalue weighted by molar-refractivity contribution is 5.42. The average Bonchev–Trinajstić information content (AvgIpc) is 2.74. The van der Waals surface area contributed by atoms with E-state index in [0.717, 1.165) is 32.7 Å². The lowest BCUT2D eigenvalue weighted by Gasteiger charge is -2.23. The van der Waals surface area contributed by atoms with E-state index in [4.69, 9.17) is 4.74 Å². The van der Waals surface area contributed by atoms with Gasteiger partial charge in [0.2, 0.25) is 0 Å². The summed E-state index contributed by atoms with van der Waals surface area (Å²) in [4.78, 5) is 0. The number of benzene rings is 1. The van der Waals surface area contributed by atoms with Crippen molar-refractivity contribution >= 4 is 5.69 Å². The molecule has 0 spiro atoms. The zero-order valence-electron chi connectivity index (χ0n) is 9.83. The highest BCUT2D eigenvalue weighted by atomic mass is 16.5. The van der Waals surface area contributed by atoms with Crippen LogP contribution >= 0.6 is 0 Å². The largest absolute Gasteiger partial charge is 0.384 e. The maximum Gasteiger partial charge on any atom is 0.0646 e. The van der Waals surface area contributed by atoms with Gasteiger partial charge in [0, 0.05) is 30.9 Å². The van der Waals surface area contributed by atoms with Gasteiger partial charge in [-0.05, 0) is 25.5 Å². The molecular weight excluding hydrogens is 200 g/mol. The zero-order chi connectivity index (χ0) is 11.3. The van der Waals surface area contributed by atoms with Crippen molar-refractivity contribution in [1.29, 1.82) is 0 Å². The molecule has 0 amide bonds. The van der Waals surface area contributed by atoms with Gasteiger partial charge in [0.15, 0.2) is 0 Å². The molecule has 1 aliphatic rings. The number of hydrogen-bond acceptors (Lipinski definition) is 3. The van der Waals surface area contributed by atoms with Gasteiger partial charge in [-0.2, -0.15) is 0 Å². The second kappa shape index (κ2) is 5.32. The normalized spacial score (nSPS) is 24.6. The van der Waals surface area contributed by atoms with Crippen LogP contribution in [0.4, 0.5) is 5.69 Å². The SMILES string of the molecule is CC1(NCCNc2ccccc2)CCOC1. The summed E-state index contributed by atoms with van der Waals surface area (Å²) in [6, 6.07) is 10.3. The number of anilines is 1. The van der Waals surface area contributed by atoms with E-state index in [0.29, 0.717) is 0 Å². The van der Waals surface area contributed by atoms with Crippen molar-refractivity contribution < 1.29 is 4.74 Å². The smallest absolute Gasteiger partial charge is 0.0646 e. The Morgan fingerprint density at radius 3 is 2.75 bits per heavy atom. The first-order chi connectivity index (χ1) is 7.79. The molecule has 1 unspecified atom stereocenters. The Morgan fingerprint density at radius 1 is 1.25 bits per heavy atom. The van der Waals surface area contributed by atoms with E-state index < -0.39 is 0 Å². The molecule has 1 fully saturated rings. The van der Waals surface area contributed by atoms with Crippen molar-refractivity contribution in [2.45, 2.75) is 18.9 Å². The van der Waals surface area contributed by atoms with Gasteiger partial charge < -0.3 is 15.4 Å². The zero-order valence-corrected chi connectivity index (χ0v) is 9.83. The molecular formula is C13H20N2O. The molecule has 2 N–H and O–H groups in total. The minimum atomic E-state index is 0.179. The lowest BCUT2D eigenvalue weighted by atomic mass is 10.0. The molecule has 0 radical (unpaired) electrons. The van der Waals surface area contributed by atoms with Crippen LogP contribution in [0.2, 0.25) is 0 Å². The van der Waals surface area contributed by atoms with Crippen LogP contribution < -0.4 is 10.6 Å². The quantitative estimate of drug-likeness (QED) is 0.743. The lowest BCUT2D eigenvalue weighted by Crippen LogP contribution is -2.44. The predicted molar refractivity (Wildman–Crippen MR) is 66.8 cm³/mol. The van der Waals surface area contributed by atoms with Crippen LogP contribution in [0.5, 0.6) is 0 Å². The summed E-state index contributed by atoms with van der Waals surface area (Å²) < 4.78 is 5.39. The van der Waals surface area contributed by atoms with Gasteiger partial charge in [-0.15, -0.1) is 0 Å². The molecule has 88 valence electrons. The molecule has 1 aromatic rings. The van der Waals surface area contributed by atoms with Gasteiger partial charge in [-0.3, -0.25) is 0 Å². The number of ether oxygens (including phenoxy) is 1. The highest BCUT2D eigenvalue weighted by Crippen LogP contribution is 2.16. The summed E-state index contributed by atoms with van der Waals surface area (Å²) in [5.41, 5.74) is 1.36. The second-order valence-electron chi connectivity index (χ2n) is 4.58. The van der Waals surface area contributed by atoms with E-state index in [1.54, 1.807) is 0 Å². The predicted octanol–water partition coefficient (Wildman–Crippen LogP) is 1.87. The molecule has 1 aromatic carbocycles. The summed E-state index contributed by atoms with van der Waals surface area (Å²) in [6.07, 6.45) is 1.11. The fourth-order valence-corrected chi connectivity index (χ4v) is 1.93. The Morgan fingerprint density at radius 2 is 2.06 bits per heavy atom. The third-order valence-corrected chi connectivity index (χ3v) is 3.00. The Kier molecular flexibility index (Phi) is 3.80. The monoisotopic (exact) mass is 220 g/mol. The van der Waals surface area contributed by atoms with Crippen molar-refractivity contribution in [3.05, 3.63) is 30.3 Å². The Balaban J connectivity index is 1.65. The average molecular weight is 220 g/mol. The Hall–Kier alpha value is -1.06. The van der Waals surface area contributed by atoms with Crippen molar-refractivity contribution in [3.8, 4) is 0 Å². The summed E-state index contributed by atoms with van der Waals surface area (Å²) in [5, 5.41) is 6.92. The molecule has 16 heavy (non-hydrogen) atoms. The summed E-state index contributed by atoms with van der Waals surface area (Å²) in [7, 11) is 0. The van der Waals surface area contributed by atoms with E-state index in [-0.39, 0.29) is 5.54 Å². The van der Waals surface area contributed by atoms with Crippen LogP contribution in [-0.2, 0) is 4.74 Å². The van der Waals surface area contributed by atoms with E-state index in [1.165, 1.54) is 5.69 Å². The van der Waals surface area contributed by atoms with Gasteiger partial charge in [-0.25, -0.2) is 0 Å². The first-order valence-corrected chi connectivity index (χ1v) is 5.90. The third-order valence-electron chi connectivity index (χ3n) is 3.00. The van der Waals surface area contributed by atoms with Crippen molar-refractivity contribution in [1.82, 2.24) is 5.32 Å². The molecule has 1 atom stereocenters. The number of nitrogens with one attached hydrogen (secondary N) is 2. The van der Waals surface area contributed by atoms with Crippen molar-refractivity contribution in [2.75, 3.05) is 31.6 Å². The second-order valence-corrected chi connectivity index (χ2v) is 4.58. The molecule has 0 bridgehead atoms. The van der Waals surface area contributed by atoms with E-state index >= 15 is 0 Å². The standard InChI is InChI=1S/C13H20N2O/c1-13(7-10-16-11-13)15-9-8-14-12-5-3-2-4-6-12/h2-6,14-15H,7-11H2,1H3. The van der Waals surface area contributed by atoms with Crippen molar-refractivity contribution in [2.24, 2.45) is 0 Å². The summed E-state index contributed by atoms with van der Waals surface area (Å²) in [5.74, 6) is 0. The van der Waals surface area contributed by atoms with E-state index in [9.17, 15) is 0 Å². The molecule has 0 saturated carbocycles. The van der Waals surface area contributed by atoms with Gasteiger partial charge >= 0.3 is 0 Å². The van der Waals surface area contributed by atoms with E-state index in [2.05, 4.69) is 29.7 Å². The topological polar surface area (TPSA) is 33.3 Å². The molecule has 3 heteroatoms. The van der Waals surface area contributed by atoms with Crippen LogP contribution in [-0.4, -0.2) is 31.8 Å². The molecule has 0 aliphatic carbocycles. The van der Waals surface area contributed by atoms with Crippen LogP contribution in [0.1, 0.15) is 13.3 Å². The molecule has 3 nitrogen and oxygen atoms in total. The van der Waals surface area contributed by atoms with Crippen LogP contribution in [0.3, 0.4) is 0 Å². The molecule has 0 aromatic heterocycles. The first kappa shape index (κ1) is 11.4. The Labute approximate surface area is 97.2 Å². The number of rotatable bonds is 5. The third kappa shape index (κ3) is 3.22. The van der Waals surface area contributed by atoms with Crippen LogP contribution in [0.15, 0.2) is 30.3 Å². The number of para-hydroxylation sites is 1. The molecule has 1 aliphatic heterocycles. The van der Waals surface area contributed by atoms with Gasteiger partial charge in [0.1, 0.15) is 0 Å². The van der Waals surface area contributed by atoms with Crippen LogP contribution in [0.25, 0.3) is 0 Å². The van der Waals surface area contributed by atoms with Crippen LogP contribution in [0, 0.1) is 0 Å². The molecule has 2 rings (SSSR count). The fourth-order valence-electron chi connectivity index (χ4n) is 1.93. The fraction of sp³-hybridized carbons (Fsp3) is 0.538. The van der Waals surface area contributed by atoms with Gasteiger partial charge in [-0.1, -0.05) is 18.2 Å². The maximum atomic E-state index is 5.39. The maximum absolute atomic E-state index is 5.39. The molecule has 1 saturated heterocycles. The summed E-state index contributed by atoms with van der Waals surface area (Å²) >= 11 is 0. The minimum absolute atomic E-state index is 0.179. The first-order valence-electron chi connectivity index (χ1n) is 5.90. The van der Waals surface area contributed by atoms with Gasteiger partial charge in [0.05, 0.1) is 6.61 Å². The van der Waals surface area contributed by atoms with Gasteiger partial charge in [0.25, 0.3) is 0 Å². The highest BCUT2D eigenvalue weighted by Gasteiger charge is 2.28. The summed E-state index contributed by atoms with van der Waals surface area (Å²) in [6.45, 7) is 5.85. The Bertz CT molecular complexity index is 307. The minimum Gasteiger partial charge on any atom is -0.384 e. The molecule has 1 heterocycles. The number of hydrogen-bond donors (Lipinski definition) is 2. The van der Waals surface area contributed by atoms with Crippen molar-refractivity contribution in [3.63, 3.8) is 0 Å². The van der Waals surface area contributed by atoms with E-state index in [1.807, 2.05) is 18.2 Å². The lowest BCUT2D eigenvalue weighted by molar-refractivity contribution is 0.172.